The fraction of sp³-hybridized carbons (Fsp3) is 0.304. The first-order chi connectivity index (χ1) is 14.1. The van der Waals surface area contributed by atoms with Crippen LogP contribution in [-0.4, -0.2) is 31.1 Å². The highest BCUT2D eigenvalue weighted by Gasteiger charge is 2.18. The Balaban J connectivity index is 1.46. The molecule has 2 heterocycles. The van der Waals surface area contributed by atoms with E-state index in [0.29, 0.717) is 23.1 Å². The van der Waals surface area contributed by atoms with Gasteiger partial charge in [-0.2, -0.15) is 0 Å². The third kappa shape index (κ3) is 4.26. The lowest BCUT2D eigenvalue weighted by molar-refractivity contribution is -0.115. The summed E-state index contributed by atoms with van der Waals surface area (Å²) in [6.45, 7) is 3.96. The quantitative estimate of drug-likeness (QED) is 0.673. The summed E-state index contributed by atoms with van der Waals surface area (Å²) in [6.07, 6.45) is 2.59. The standard InChI is InChI=1S/C23H25N3O3/c1-16-20(25-23(29-16)19-10-3-4-11-21(19)28-2)15-22(27)24-17-8-7-9-18(14-17)26-12-5-6-13-26/h3-4,7-11,14H,5-6,12-13,15H2,1-2H3,(H,24,27). The molecular weight excluding hydrogens is 366 g/mol. The second-order valence-corrected chi connectivity index (χ2v) is 7.19. The average Bonchev–Trinajstić information content (AvgIpc) is 3.39. The number of aryl methyl sites for hydroxylation is 1. The summed E-state index contributed by atoms with van der Waals surface area (Å²) in [5.41, 5.74) is 3.34. The first-order valence-electron chi connectivity index (χ1n) is 9.88. The van der Waals surface area contributed by atoms with Crippen molar-refractivity contribution in [3.05, 3.63) is 60.0 Å². The highest BCUT2D eigenvalue weighted by molar-refractivity contribution is 5.92. The van der Waals surface area contributed by atoms with E-state index in [0.717, 1.165) is 30.0 Å². The number of aromatic nitrogens is 1. The maximum Gasteiger partial charge on any atom is 0.230 e. The number of carbonyl (C=O) groups is 1. The lowest BCUT2D eigenvalue weighted by atomic mass is 10.2. The molecule has 150 valence electrons. The monoisotopic (exact) mass is 391 g/mol. The summed E-state index contributed by atoms with van der Waals surface area (Å²) in [5, 5.41) is 2.98. The Kier molecular flexibility index (Phi) is 5.51. The number of anilines is 2. The molecule has 0 unspecified atom stereocenters. The molecule has 1 aliphatic rings. The van der Waals surface area contributed by atoms with Crippen molar-refractivity contribution in [1.29, 1.82) is 0 Å². The van der Waals surface area contributed by atoms with Crippen LogP contribution in [0.1, 0.15) is 24.3 Å². The minimum absolute atomic E-state index is 0.119. The molecule has 4 rings (SSSR count). The van der Waals surface area contributed by atoms with Crippen LogP contribution in [-0.2, 0) is 11.2 Å². The van der Waals surface area contributed by atoms with E-state index in [9.17, 15) is 4.79 Å². The van der Waals surface area contributed by atoms with Crippen molar-refractivity contribution in [2.75, 3.05) is 30.4 Å². The topological polar surface area (TPSA) is 67.6 Å². The maximum absolute atomic E-state index is 12.6. The van der Waals surface area contributed by atoms with Crippen molar-refractivity contribution in [3.63, 3.8) is 0 Å². The van der Waals surface area contributed by atoms with Gasteiger partial charge in [0.15, 0.2) is 0 Å². The molecule has 0 spiro atoms. The lowest BCUT2D eigenvalue weighted by Gasteiger charge is -2.18. The van der Waals surface area contributed by atoms with Crippen LogP contribution in [0.4, 0.5) is 11.4 Å². The zero-order valence-corrected chi connectivity index (χ0v) is 16.8. The molecule has 1 saturated heterocycles. The summed E-state index contributed by atoms with van der Waals surface area (Å²) >= 11 is 0. The zero-order chi connectivity index (χ0) is 20.2. The van der Waals surface area contributed by atoms with E-state index in [-0.39, 0.29) is 12.3 Å². The summed E-state index contributed by atoms with van der Waals surface area (Å²) in [5.74, 6) is 1.65. The number of rotatable bonds is 6. The second-order valence-electron chi connectivity index (χ2n) is 7.19. The summed E-state index contributed by atoms with van der Waals surface area (Å²) < 4.78 is 11.2. The summed E-state index contributed by atoms with van der Waals surface area (Å²) in [7, 11) is 1.61. The lowest BCUT2D eigenvalue weighted by Crippen LogP contribution is -2.19. The molecular formula is C23H25N3O3. The fourth-order valence-corrected chi connectivity index (χ4v) is 3.64. The molecule has 1 N–H and O–H groups in total. The molecule has 1 aliphatic heterocycles. The van der Waals surface area contributed by atoms with Crippen LogP contribution in [0.15, 0.2) is 52.9 Å². The number of oxazole rings is 1. The number of ether oxygens (including phenoxy) is 1. The van der Waals surface area contributed by atoms with Crippen molar-refractivity contribution in [2.24, 2.45) is 0 Å². The van der Waals surface area contributed by atoms with Gasteiger partial charge in [0.05, 0.1) is 24.8 Å². The molecule has 0 atom stereocenters. The van der Waals surface area contributed by atoms with Crippen LogP contribution in [0, 0.1) is 6.92 Å². The third-order valence-electron chi connectivity index (χ3n) is 5.16. The molecule has 0 aliphatic carbocycles. The number of nitrogens with one attached hydrogen (secondary N) is 1. The number of para-hydroxylation sites is 1. The predicted molar refractivity (Wildman–Crippen MR) is 113 cm³/mol. The van der Waals surface area contributed by atoms with Crippen LogP contribution in [0.5, 0.6) is 5.75 Å². The Morgan fingerprint density at radius 2 is 1.97 bits per heavy atom. The normalized spacial score (nSPS) is 13.5. The first kappa shape index (κ1) is 19.1. The van der Waals surface area contributed by atoms with Crippen molar-refractivity contribution >= 4 is 17.3 Å². The van der Waals surface area contributed by atoms with Gasteiger partial charge in [0.2, 0.25) is 11.8 Å². The number of hydrogen-bond acceptors (Lipinski definition) is 5. The molecule has 6 heteroatoms. The number of carbonyl (C=O) groups excluding carboxylic acids is 1. The summed E-state index contributed by atoms with van der Waals surface area (Å²) in [4.78, 5) is 19.5. The van der Waals surface area contributed by atoms with E-state index in [2.05, 4.69) is 21.3 Å². The minimum atomic E-state index is -0.119. The number of benzene rings is 2. The van der Waals surface area contributed by atoms with Gasteiger partial charge in [-0.3, -0.25) is 4.79 Å². The SMILES string of the molecule is COc1ccccc1-c1nc(CC(=O)Nc2cccc(N3CCCC3)c2)c(C)o1. The van der Waals surface area contributed by atoms with Crippen molar-refractivity contribution < 1.29 is 13.9 Å². The van der Waals surface area contributed by atoms with E-state index in [4.69, 9.17) is 9.15 Å². The smallest absolute Gasteiger partial charge is 0.230 e. The van der Waals surface area contributed by atoms with Crippen LogP contribution in [0.2, 0.25) is 0 Å². The minimum Gasteiger partial charge on any atom is -0.496 e. The van der Waals surface area contributed by atoms with Crippen molar-refractivity contribution in [1.82, 2.24) is 4.98 Å². The van der Waals surface area contributed by atoms with Gasteiger partial charge in [0.25, 0.3) is 0 Å². The largest absolute Gasteiger partial charge is 0.496 e. The first-order valence-corrected chi connectivity index (χ1v) is 9.88. The predicted octanol–water partition coefficient (Wildman–Crippen LogP) is 4.44. The number of nitrogens with zero attached hydrogens (tertiary/aromatic N) is 2. The fourth-order valence-electron chi connectivity index (χ4n) is 3.64. The molecule has 1 amide bonds. The molecule has 1 fully saturated rings. The van der Waals surface area contributed by atoms with Gasteiger partial charge in [-0.05, 0) is 50.1 Å². The van der Waals surface area contributed by atoms with Gasteiger partial charge < -0.3 is 19.4 Å². The van der Waals surface area contributed by atoms with E-state index in [1.807, 2.05) is 49.4 Å². The molecule has 0 radical (unpaired) electrons. The van der Waals surface area contributed by atoms with Gasteiger partial charge in [-0.25, -0.2) is 4.98 Å². The molecule has 6 nitrogen and oxygen atoms in total. The Bertz CT molecular complexity index is 1010. The highest BCUT2D eigenvalue weighted by atomic mass is 16.5. The van der Waals surface area contributed by atoms with E-state index < -0.39 is 0 Å². The van der Waals surface area contributed by atoms with Gasteiger partial charge in [0.1, 0.15) is 11.5 Å². The summed E-state index contributed by atoms with van der Waals surface area (Å²) in [6, 6.07) is 15.5. The van der Waals surface area contributed by atoms with Crippen LogP contribution >= 0.6 is 0 Å². The zero-order valence-electron chi connectivity index (χ0n) is 16.8. The molecule has 29 heavy (non-hydrogen) atoms. The number of amides is 1. The maximum atomic E-state index is 12.6. The van der Waals surface area contributed by atoms with E-state index in [1.54, 1.807) is 7.11 Å². The Morgan fingerprint density at radius 1 is 1.17 bits per heavy atom. The van der Waals surface area contributed by atoms with Crippen LogP contribution in [0.25, 0.3) is 11.5 Å². The molecule has 2 aromatic carbocycles. The van der Waals surface area contributed by atoms with Gasteiger partial charge in [0, 0.05) is 24.5 Å². The van der Waals surface area contributed by atoms with Crippen LogP contribution in [0.3, 0.4) is 0 Å². The van der Waals surface area contributed by atoms with Crippen LogP contribution < -0.4 is 15.0 Å². The van der Waals surface area contributed by atoms with Gasteiger partial charge >= 0.3 is 0 Å². The number of methoxy groups -OCH3 is 1. The Labute approximate surface area is 170 Å². The Hall–Kier alpha value is -3.28. The highest BCUT2D eigenvalue weighted by Crippen LogP contribution is 2.30. The second kappa shape index (κ2) is 8.39. The molecule has 0 bridgehead atoms. The average molecular weight is 391 g/mol. The molecule has 3 aromatic rings. The van der Waals surface area contributed by atoms with E-state index >= 15 is 0 Å². The number of hydrogen-bond donors (Lipinski definition) is 1. The van der Waals surface area contributed by atoms with Gasteiger partial charge in [-0.15, -0.1) is 0 Å². The molecule has 1 aromatic heterocycles. The van der Waals surface area contributed by atoms with Crippen molar-refractivity contribution in [2.45, 2.75) is 26.2 Å². The van der Waals surface area contributed by atoms with E-state index in [1.165, 1.54) is 12.8 Å². The van der Waals surface area contributed by atoms with Gasteiger partial charge in [-0.1, -0.05) is 18.2 Å². The molecule has 0 saturated carbocycles. The Morgan fingerprint density at radius 3 is 2.76 bits per heavy atom. The van der Waals surface area contributed by atoms with Crippen molar-refractivity contribution in [3.8, 4) is 17.2 Å². The third-order valence-corrected chi connectivity index (χ3v) is 5.16.